The van der Waals surface area contributed by atoms with Crippen molar-refractivity contribution in [2.45, 2.75) is 38.1 Å². The topological polar surface area (TPSA) is 51.0 Å². The van der Waals surface area contributed by atoms with Crippen molar-refractivity contribution < 1.29 is 4.42 Å². The molecular weight excluding hydrogens is 202 g/mol. The van der Waals surface area contributed by atoms with Gasteiger partial charge in [0.05, 0.1) is 0 Å². The molecule has 2 rings (SSSR count). The van der Waals surface area contributed by atoms with E-state index in [0.717, 1.165) is 5.92 Å². The van der Waals surface area contributed by atoms with Crippen molar-refractivity contribution in [3.05, 3.63) is 5.89 Å². The van der Waals surface area contributed by atoms with Crippen LogP contribution in [0.3, 0.4) is 0 Å². The van der Waals surface area contributed by atoms with Crippen molar-refractivity contribution in [2.24, 2.45) is 5.92 Å². The average Bonchev–Trinajstić information content (AvgIpc) is 2.71. The maximum absolute atomic E-state index is 5.80. The first kappa shape index (κ1) is 9.77. The fourth-order valence-corrected chi connectivity index (χ4v) is 1.58. The van der Waals surface area contributed by atoms with Crippen LogP contribution in [0.15, 0.2) is 4.42 Å². The second-order valence-corrected chi connectivity index (χ2v) is 4.37. The summed E-state index contributed by atoms with van der Waals surface area (Å²) < 4.78 is 5.32. The van der Waals surface area contributed by atoms with Crippen molar-refractivity contribution >= 4 is 17.6 Å². The quantitative estimate of drug-likeness (QED) is 0.785. The number of nitrogens with one attached hydrogen (secondary N) is 1. The lowest BCUT2D eigenvalue weighted by Crippen LogP contribution is -2.04. The Kier molecular flexibility index (Phi) is 2.63. The Morgan fingerprint density at radius 1 is 1.64 bits per heavy atom. The van der Waals surface area contributed by atoms with Gasteiger partial charge in [-0.25, -0.2) is 0 Å². The number of anilines is 1. The van der Waals surface area contributed by atoms with Crippen LogP contribution in [0.5, 0.6) is 0 Å². The molecular formula is C9H14ClN3O. The molecule has 1 aromatic heterocycles. The summed E-state index contributed by atoms with van der Waals surface area (Å²) in [5.41, 5.74) is 0. The monoisotopic (exact) mass is 215 g/mol. The third kappa shape index (κ3) is 2.00. The zero-order valence-corrected chi connectivity index (χ0v) is 9.08. The average molecular weight is 216 g/mol. The van der Waals surface area contributed by atoms with Gasteiger partial charge in [-0.3, -0.25) is 0 Å². The number of aromatic nitrogens is 2. The molecule has 14 heavy (non-hydrogen) atoms. The second-order valence-electron chi connectivity index (χ2n) is 3.72. The van der Waals surface area contributed by atoms with E-state index in [9.17, 15) is 0 Å². The van der Waals surface area contributed by atoms with Crippen LogP contribution in [0.2, 0.25) is 0 Å². The highest BCUT2D eigenvalue weighted by molar-refractivity contribution is 6.20. The van der Waals surface area contributed by atoms with E-state index in [4.69, 9.17) is 16.0 Å². The van der Waals surface area contributed by atoms with E-state index in [1.807, 2.05) is 6.92 Å². The number of nitrogens with zero attached hydrogens (tertiary/aromatic N) is 2. The second kappa shape index (κ2) is 3.77. The van der Waals surface area contributed by atoms with Gasteiger partial charge in [0.15, 0.2) is 0 Å². The van der Waals surface area contributed by atoms with Gasteiger partial charge >= 0.3 is 6.01 Å². The summed E-state index contributed by atoms with van der Waals surface area (Å²) in [5, 5.41) is 10.7. The normalized spacial score (nSPS) is 27.4. The van der Waals surface area contributed by atoms with Crippen molar-refractivity contribution in [1.29, 1.82) is 0 Å². The number of hydrogen-bond acceptors (Lipinski definition) is 4. The zero-order chi connectivity index (χ0) is 10.1. The minimum absolute atomic E-state index is 0.223. The maximum Gasteiger partial charge on any atom is 0.315 e. The molecule has 0 amide bonds. The van der Waals surface area contributed by atoms with Crippen LogP contribution in [0.4, 0.5) is 6.01 Å². The van der Waals surface area contributed by atoms with Crippen LogP contribution >= 0.6 is 11.6 Å². The summed E-state index contributed by atoms with van der Waals surface area (Å²) in [6, 6.07) is 1.01. The fourth-order valence-electron chi connectivity index (χ4n) is 1.49. The zero-order valence-electron chi connectivity index (χ0n) is 8.33. The van der Waals surface area contributed by atoms with Crippen LogP contribution < -0.4 is 5.32 Å². The minimum Gasteiger partial charge on any atom is -0.406 e. The molecule has 1 aliphatic carbocycles. The Bertz CT molecular complexity index is 313. The first-order chi connectivity index (χ1) is 6.70. The summed E-state index contributed by atoms with van der Waals surface area (Å²) in [7, 11) is 0. The third-order valence-electron chi connectivity index (χ3n) is 2.54. The standard InChI is InChI=1S/C9H14ClN3O/c1-3-6-4-7(6)11-9-13-12-8(14-9)5(2)10/h5-7H,3-4H2,1-2H3,(H,11,13). The van der Waals surface area contributed by atoms with E-state index in [1.165, 1.54) is 12.8 Å². The number of rotatable bonds is 4. The van der Waals surface area contributed by atoms with Gasteiger partial charge in [-0.1, -0.05) is 18.4 Å². The van der Waals surface area contributed by atoms with Gasteiger partial charge in [0, 0.05) is 6.04 Å². The molecule has 0 spiro atoms. The molecule has 0 aliphatic heterocycles. The molecule has 1 aliphatic rings. The number of halogens is 1. The molecule has 1 heterocycles. The predicted molar refractivity (Wildman–Crippen MR) is 54.4 cm³/mol. The molecule has 0 saturated heterocycles. The van der Waals surface area contributed by atoms with E-state index in [-0.39, 0.29) is 5.38 Å². The minimum atomic E-state index is -0.223. The van der Waals surface area contributed by atoms with Gasteiger partial charge in [-0.2, -0.15) is 0 Å². The highest BCUT2D eigenvalue weighted by Gasteiger charge is 2.36. The molecule has 1 saturated carbocycles. The first-order valence-corrected chi connectivity index (χ1v) is 5.38. The SMILES string of the molecule is CCC1CC1Nc1nnc(C(C)Cl)o1. The van der Waals surface area contributed by atoms with Gasteiger partial charge in [0.25, 0.3) is 0 Å². The van der Waals surface area contributed by atoms with E-state index >= 15 is 0 Å². The van der Waals surface area contributed by atoms with Gasteiger partial charge < -0.3 is 9.73 Å². The summed E-state index contributed by atoms with van der Waals surface area (Å²) in [6.45, 7) is 4.00. The first-order valence-electron chi connectivity index (χ1n) is 4.94. The van der Waals surface area contributed by atoms with E-state index in [0.29, 0.717) is 17.9 Å². The van der Waals surface area contributed by atoms with E-state index in [2.05, 4.69) is 22.4 Å². The Hall–Kier alpha value is -0.770. The molecule has 3 atom stereocenters. The molecule has 3 unspecified atom stereocenters. The van der Waals surface area contributed by atoms with E-state index in [1.54, 1.807) is 0 Å². The summed E-state index contributed by atoms with van der Waals surface area (Å²) >= 11 is 5.80. The molecule has 1 N–H and O–H groups in total. The molecule has 4 nitrogen and oxygen atoms in total. The highest BCUT2D eigenvalue weighted by atomic mass is 35.5. The van der Waals surface area contributed by atoms with Gasteiger partial charge in [0.1, 0.15) is 5.38 Å². The highest BCUT2D eigenvalue weighted by Crippen LogP contribution is 2.35. The lowest BCUT2D eigenvalue weighted by molar-refractivity contribution is 0.504. The van der Waals surface area contributed by atoms with Crippen molar-refractivity contribution in [1.82, 2.24) is 10.2 Å². The van der Waals surface area contributed by atoms with Gasteiger partial charge in [-0.05, 0) is 19.3 Å². The number of alkyl halides is 1. The molecule has 0 aromatic carbocycles. The lowest BCUT2D eigenvalue weighted by Gasteiger charge is -1.97. The third-order valence-corrected chi connectivity index (χ3v) is 2.72. The molecule has 5 heteroatoms. The smallest absolute Gasteiger partial charge is 0.315 e. The summed E-state index contributed by atoms with van der Waals surface area (Å²) in [6.07, 6.45) is 2.40. The van der Waals surface area contributed by atoms with Crippen molar-refractivity contribution in [2.75, 3.05) is 5.32 Å². The summed E-state index contributed by atoms with van der Waals surface area (Å²) in [5.74, 6) is 1.24. The predicted octanol–water partition coefficient (Wildman–Crippen LogP) is 2.58. The van der Waals surface area contributed by atoms with Crippen LogP contribution in [0.1, 0.15) is 38.0 Å². The fraction of sp³-hybridized carbons (Fsp3) is 0.778. The Balaban J connectivity index is 1.91. The van der Waals surface area contributed by atoms with Crippen LogP contribution in [-0.2, 0) is 0 Å². The van der Waals surface area contributed by atoms with E-state index < -0.39 is 0 Å². The Morgan fingerprint density at radius 2 is 2.43 bits per heavy atom. The molecule has 1 fully saturated rings. The van der Waals surface area contributed by atoms with Crippen LogP contribution in [-0.4, -0.2) is 16.2 Å². The summed E-state index contributed by atoms with van der Waals surface area (Å²) in [4.78, 5) is 0. The maximum atomic E-state index is 5.80. The van der Waals surface area contributed by atoms with Crippen molar-refractivity contribution in [3.63, 3.8) is 0 Å². The van der Waals surface area contributed by atoms with Crippen LogP contribution in [0.25, 0.3) is 0 Å². The largest absolute Gasteiger partial charge is 0.406 e. The Labute approximate surface area is 88.0 Å². The molecule has 78 valence electrons. The molecule has 0 radical (unpaired) electrons. The van der Waals surface area contributed by atoms with Gasteiger partial charge in [0.2, 0.25) is 5.89 Å². The Morgan fingerprint density at radius 3 is 2.93 bits per heavy atom. The molecule has 1 aromatic rings. The number of hydrogen-bond donors (Lipinski definition) is 1. The van der Waals surface area contributed by atoms with Crippen molar-refractivity contribution in [3.8, 4) is 0 Å². The van der Waals surface area contributed by atoms with Gasteiger partial charge in [-0.15, -0.1) is 16.7 Å². The molecule has 0 bridgehead atoms. The van der Waals surface area contributed by atoms with Crippen LogP contribution in [0, 0.1) is 5.92 Å². The lowest BCUT2D eigenvalue weighted by atomic mass is 10.3.